The van der Waals surface area contributed by atoms with Gasteiger partial charge in [0.25, 0.3) is 5.91 Å². The molecular weight excluding hydrogens is 398 g/mol. The van der Waals surface area contributed by atoms with Gasteiger partial charge in [0.05, 0.1) is 11.4 Å². The number of thioether (sulfide) groups is 2. The zero-order valence-electron chi connectivity index (χ0n) is 15.1. The lowest BCUT2D eigenvalue weighted by Gasteiger charge is -2.14. The van der Waals surface area contributed by atoms with Gasteiger partial charge in [-0.25, -0.2) is 0 Å². The maximum Gasteiger partial charge on any atom is 0.266 e. The second kappa shape index (κ2) is 9.52. The lowest BCUT2D eigenvalue weighted by atomic mass is 10.1. The molecule has 27 heavy (non-hydrogen) atoms. The number of carbonyl (C=O) groups is 2. The van der Waals surface area contributed by atoms with Gasteiger partial charge in [0.15, 0.2) is 5.17 Å². The smallest absolute Gasteiger partial charge is 0.266 e. The molecule has 2 aliphatic heterocycles. The minimum atomic E-state index is -0.0827. The fourth-order valence-corrected chi connectivity index (χ4v) is 4.74. The van der Waals surface area contributed by atoms with Gasteiger partial charge in [-0.3, -0.25) is 19.5 Å². The monoisotopic (exact) mass is 419 g/mol. The Bertz CT molecular complexity index is 803. The van der Waals surface area contributed by atoms with E-state index in [0.717, 1.165) is 24.3 Å². The van der Waals surface area contributed by atoms with Crippen LogP contribution in [0.3, 0.4) is 0 Å². The number of hydrogen-bond acceptors (Lipinski definition) is 6. The van der Waals surface area contributed by atoms with E-state index in [1.165, 1.54) is 17.3 Å². The number of aliphatic imine (C=N–C) groups is 1. The van der Waals surface area contributed by atoms with Crippen LogP contribution >= 0.6 is 35.7 Å². The van der Waals surface area contributed by atoms with Gasteiger partial charge in [-0.2, -0.15) is 0 Å². The number of rotatable bonds is 6. The minimum absolute atomic E-state index is 0.0693. The van der Waals surface area contributed by atoms with Crippen molar-refractivity contribution in [2.24, 2.45) is 4.99 Å². The molecule has 2 heterocycles. The Hall–Kier alpha value is -1.64. The first-order valence-electron chi connectivity index (χ1n) is 8.88. The van der Waals surface area contributed by atoms with E-state index >= 15 is 0 Å². The average Bonchev–Trinajstić information content (AvgIpc) is 3.26. The van der Waals surface area contributed by atoms with Crippen LogP contribution in [0.15, 0.2) is 34.2 Å². The third-order valence-electron chi connectivity index (χ3n) is 4.18. The third-order valence-corrected chi connectivity index (χ3v) is 6.45. The molecule has 3 rings (SSSR count). The summed E-state index contributed by atoms with van der Waals surface area (Å²) in [4.78, 5) is 31.0. The van der Waals surface area contributed by atoms with E-state index in [4.69, 9.17) is 12.2 Å². The second-order valence-corrected chi connectivity index (χ2v) is 8.87. The summed E-state index contributed by atoms with van der Waals surface area (Å²) >= 11 is 8.22. The molecule has 1 N–H and O–H groups in total. The quantitative estimate of drug-likeness (QED) is 0.565. The van der Waals surface area contributed by atoms with Crippen LogP contribution in [0.4, 0.5) is 0 Å². The summed E-state index contributed by atoms with van der Waals surface area (Å²) in [5.41, 5.74) is 2.25. The van der Waals surface area contributed by atoms with Crippen molar-refractivity contribution in [3.8, 4) is 0 Å². The second-order valence-electron chi connectivity index (χ2n) is 6.12. The SMILES string of the molecule is CCc1ccc(C=C2SC(=S)N(CCCC(=O)NC3=NCCS3)C2=O)cc1. The summed E-state index contributed by atoms with van der Waals surface area (Å²) in [6.45, 7) is 3.31. The van der Waals surface area contributed by atoms with Gasteiger partial charge in [-0.1, -0.05) is 66.9 Å². The predicted octanol–water partition coefficient (Wildman–Crippen LogP) is 3.45. The molecular formula is C19H21N3O2S3. The van der Waals surface area contributed by atoms with E-state index in [1.807, 2.05) is 18.2 Å². The van der Waals surface area contributed by atoms with Gasteiger partial charge >= 0.3 is 0 Å². The van der Waals surface area contributed by atoms with E-state index in [-0.39, 0.29) is 11.8 Å². The average molecular weight is 420 g/mol. The van der Waals surface area contributed by atoms with Crippen LogP contribution in [0.2, 0.25) is 0 Å². The topological polar surface area (TPSA) is 61.8 Å². The number of nitrogens with zero attached hydrogens (tertiary/aromatic N) is 2. The molecule has 142 valence electrons. The maximum atomic E-state index is 12.6. The molecule has 0 aliphatic carbocycles. The van der Waals surface area contributed by atoms with Crippen LogP contribution in [0.5, 0.6) is 0 Å². The lowest BCUT2D eigenvalue weighted by molar-refractivity contribution is -0.123. The van der Waals surface area contributed by atoms with Gasteiger partial charge in [-0.15, -0.1) is 0 Å². The number of benzene rings is 1. The van der Waals surface area contributed by atoms with Crippen molar-refractivity contribution < 1.29 is 9.59 Å². The van der Waals surface area contributed by atoms with Crippen molar-refractivity contribution in [1.29, 1.82) is 0 Å². The first-order valence-corrected chi connectivity index (χ1v) is 11.1. The Morgan fingerprint density at radius 3 is 2.81 bits per heavy atom. The van der Waals surface area contributed by atoms with Gasteiger partial charge in [0.2, 0.25) is 5.91 Å². The summed E-state index contributed by atoms with van der Waals surface area (Å²) in [7, 11) is 0. The molecule has 0 unspecified atom stereocenters. The van der Waals surface area contributed by atoms with E-state index < -0.39 is 0 Å². The van der Waals surface area contributed by atoms with E-state index in [9.17, 15) is 9.59 Å². The third kappa shape index (κ3) is 5.43. The molecule has 0 bridgehead atoms. The number of carbonyl (C=O) groups excluding carboxylic acids is 2. The van der Waals surface area contributed by atoms with E-state index in [0.29, 0.717) is 33.8 Å². The summed E-state index contributed by atoms with van der Waals surface area (Å²) in [6, 6.07) is 8.16. The molecule has 0 radical (unpaired) electrons. The first-order chi connectivity index (χ1) is 13.1. The largest absolute Gasteiger partial charge is 0.305 e. The molecule has 2 amide bonds. The van der Waals surface area contributed by atoms with Crippen LogP contribution < -0.4 is 5.32 Å². The number of nitrogens with one attached hydrogen (secondary N) is 1. The molecule has 8 heteroatoms. The summed E-state index contributed by atoms with van der Waals surface area (Å²) in [6.07, 6.45) is 3.77. The number of amidine groups is 1. The molecule has 1 aromatic carbocycles. The highest BCUT2D eigenvalue weighted by Gasteiger charge is 2.31. The minimum Gasteiger partial charge on any atom is -0.305 e. The molecule has 5 nitrogen and oxygen atoms in total. The number of amides is 2. The van der Waals surface area contributed by atoms with E-state index in [1.54, 1.807) is 16.7 Å². The highest BCUT2D eigenvalue weighted by Crippen LogP contribution is 2.32. The Labute approximate surface area is 173 Å². The molecule has 1 saturated heterocycles. The summed E-state index contributed by atoms with van der Waals surface area (Å²) in [5.74, 6) is 0.764. The molecule has 0 aromatic heterocycles. The van der Waals surface area contributed by atoms with Crippen LogP contribution in [0, 0.1) is 0 Å². The number of hydrogen-bond donors (Lipinski definition) is 1. The van der Waals surface area contributed by atoms with Crippen molar-refractivity contribution in [3.63, 3.8) is 0 Å². The Morgan fingerprint density at radius 1 is 1.37 bits per heavy atom. The van der Waals surface area contributed by atoms with Crippen molar-refractivity contribution in [3.05, 3.63) is 40.3 Å². The first kappa shape index (κ1) is 20.1. The predicted molar refractivity (Wildman–Crippen MR) is 118 cm³/mol. The molecule has 2 aliphatic rings. The van der Waals surface area contributed by atoms with Crippen LogP contribution in [0.1, 0.15) is 30.9 Å². The Morgan fingerprint density at radius 2 is 2.15 bits per heavy atom. The molecule has 0 atom stereocenters. The Balaban J connectivity index is 1.52. The molecule has 0 spiro atoms. The van der Waals surface area contributed by atoms with Crippen LogP contribution in [-0.2, 0) is 16.0 Å². The van der Waals surface area contributed by atoms with Crippen LogP contribution in [0.25, 0.3) is 6.08 Å². The van der Waals surface area contributed by atoms with Gasteiger partial charge in [-0.05, 0) is 30.0 Å². The van der Waals surface area contributed by atoms with Gasteiger partial charge in [0, 0.05) is 18.7 Å². The van der Waals surface area contributed by atoms with Crippen molar-refractivity contribution >= 4 is 63.1 Å². The fourth-order valence-electron chi connectivity index (χ4n) is 2.68. The highest BCUT2D eigenvalue weighted by atomic mass is 32.2. The van der Waals surface area contributed by atoms with Crippen LogP contribution in [-0.4, -0.2) is 45.0 Å². The van der Waals surface area contributed by atoms with Crippen molar-refractivity contribution in [1.82, 2.24) is 10.2 Å². The Kier molecular flexibility index (Phi) is 7.09. The molecule has 1 aromatic rings. The number of aryl methyl sites for hydroxylation is 1. The zero-order chi connectivity index (χ0) is 19.2. The highest BCUT2D eigenvalue weighted by molar-refractivity contribution is 8.26. The fraction of sp³-hybridized carbons (Fsp3) is 0.368. The summed E-state index contributed by atoms with van der Waals surface area (Å²) < 4.78 is 0.549. The number of thiocarbonyl (C=S) groups is 1. The standard InChI is InChI=1S/C19H21N3O2S3/c1-2-13-5-7-14(8-6-13)12-15-17(24)22(19(25)27-15)10-3-4-16(23)21-18-20-9-11-26-18/h5-8,12H,2-4,9-11H2,1H3,(H,20,21,23). The zero-order valence-corrected chi connectivity index (χ0v) is 17.5. The van der Waals surface area contributed by atoms with Crippen molar-refractivity contribution in [2.75, 3.05) is 18.8 Å². The van der Waals surface area contributed by atoms with Gasteiger partial charge < -0.3 is 5.32 Å². The molecule has 1 fully saturated rings. The summed E-state index contributed by atoms with van der Waals surface area (Å²) in [5, 5.41) is 3.50. The van der Waals surface area contributed by atoms with Crippen molar-refractivity contribution in [2.45, 2.75) is 26.2 Å². The van der Waals surface area contributed by atoms with E-state index in [2.05, 4.69) is 29.4 Å². The molecule has 0 saturated carbocycles. The maximum absolute atomic E-state index is 12.6. The van der Waals surface area contributed by atoms with Gasteiger partial charge in [0.1, 0.15) is 4.32 Å². The normalized spacial score (nSPS) is 18.3. The lowest BCUT2D eigenvalue weighted by Crippen LogP contribution is -2.31.